The summed E-state index contributed by atoms with van der Waals surface area (Å²) in [6.07, 6.45) is 6.33. The van der Waals surface area contributed by atoms with E-state index in [1.54, 1.807) is 0 Å². The number of rotatable bonds is 7. The zero-order valence-electron chi connectivity index (χ0n) is 14.6. The summed E-state index contributed by atoms with van der Waals surface area (Å²) in [5, 5.41) is 10.3. The SMILES string of the molecule is CCCC(O)c1cccc(N(Cc2ccccc2)C2CCCC2)n1. The Morgan fingerprint density at radius 3 is 2.54 bits per heavy atom. The summed E-state index contributed by atoms with van der Waals surface area (Å²) < 4.78 is 0. The van der Waals surface area contributed by atoms with Crippen LogP contribution in [0.1, 0.15) is 62.8 Å². The molecule has 3 nitrogen and oxygen atoms in total. The van der Waals surface area contributed by atoms with Gasteiger partial charge in [-0.2, -0.15) is 0 Å². The number of benzene rings is 1. The van der Waals surface area contributed by atoms with Crippen LogP contribution in [0.25, 0.3) is 0 Å². The molecule has 0 radical (unpaired) electrons. The van der Waals surface area contributed by atoms with Crippen molar-refractivity contribution >= 4 is 5.82 Å². The number of anilines is 1. The average Bonchev–Trinajstić information content (AvgIpc) is 3.15. The van der Waals surface area contributed by atoms with E-state index in [0.29, 0.717) is 6.04 Å². The molecule has 1 saturated carbocycles. The van der Waals surface area contributed by atoms with Gasteiger partial charge in [0.25, 0.3) is 0 Å². The van der Waals surface area contributed by atoms with Gasteiger partial charge in [0.2, 0.25) is 0 Å². The number of nitrogens with zero attached hydrogens (tertiary/aromatic N) is 2. The van der Waals surface area contributed by atoms with Crippen molar-refractivity contribution in [2.45, 2.75) is 64.1 Å². The van der Waals surface area contributed by atoms with Gasteiger partial charge in [0.1, 0.15) is 5.82 Å². The van der Waals surface area contributed by atoms with Crippen LogP contribution in [0, 0.1) is 0 Å². The van der Waals surface area contributed by atoms with Crippen molar-refractivity contribution in [3.05, 3.63) is 59.8 Å². The highest BCUT2D eigenvalue weighted by molar-refractivity contribution is 5.42. The summed E-state index contributed by atoms with van der Waals surface area (Å²) in [7, 11) is 0. The van der Waals surface area contributed by atoms with Gasteiger partial charge in [0.15, 0.2) is 0 Å². The van der Waals surface area contributed by atoms with Gasteiger partial charge < -0.3 is 10.0 Å². The fraction of sp³-hybridized carbons (Fsp3) is 0.476. The molecule has 1 aromatic heterocycles. The Morgan fingerprint density at radius 2 is 1.83 bits per heavy atom. The van der Waals surface area contributed by atoms with E-state index in [0.717, 1.165) is 30.9 Å². The maximum Gasteiger partial charge on any atom is 0.129 e. The van der Waals surface area contributed by atoms with Crippen LogP contribution in [0.4, 0.5) is 5.82 Å². The predicted molar refractivity (Wildman–Crippen MR) is 99.0 cm³/mol. The molecule has 1 heterocycles. The lowest BCUT2D eigenvalue weighted by molar-refractivity contribution is 0.162. The molecule has 1 N–H and O–H groups in total. The highest BCUT2D eigenvalue weighted by Gasteiger charge is 2.24. The predicted octanol–water partition coefficient (Wildman–Crippen LogP) is 4.86. The summed E-state index contributed by atoms with van der Waals surface area (Å²) in [5.74, 6) is 0.999. The third-order valence-corrected chi connectivity index (χ3v) is 4.91. The summed E-state index contributed by atoms with van der Waals surface area (Å²) in [6, 6.07) is 17.2. The van der Waals surface area contributed by atoms with Crippen molar-refractivity contribution in [2.24, 2.45) is 0 Å². The maximum absolute atomic E-state index is 10.3. The molecule has 0 saturated heterocycles. The lowest BCUT2D eigenvalue weighted by atomic mass is 10.1. The molecule has 0 amide bonds. The Kier molecular flexibility index (Phi) is 5.86. The first-order chi connectivity index (χ1) is 11.8. The quantitative estimate of drug-likeness (QED) is 0.790. The zero-order valence-corrected chi connectivity index (χ0v) is 14.6. The van der Waals surface area contributed by atoms with Crippen molar-refractivity contribution in [3.63, 3.8) is 0 Å². The molecule has 1 aromatic carbocycles. The minimum atomic E-state index is -0.461. The van der Waals surface area contributed by atoms with Crippen molar-refractivity contribution in [3.8, 4) is 0 Å². The summed E-state index contributed by atoms with van der Waals surface area (Å²) in [6.45, 7) is 2.97. The van der Waals surface area contributed by atoms with Crippen LogP contribution >= 0.6 is 0 Å². The first-order valence-electron chi connectivity index (χ1n) is 9.23. The Balaban J connectivity index is 1.86. The van der Waals surface area contributed by atoms with Crippen molar-refractivity contribution in [1.82, 2.24) is 4.98 Å². The lowest BCUT2D eigenvalue weighted by Gasteiger charge is -2.31. The largest absolute Gasteiger partial charge is 0.387 e. The van der Waals surface area contributed by atoms with Gasteiger partial charge in [-0.1, -0.05) is 62.6 Å². The Morgan fingerprint density at radius 1 is 1.08 bits per heavy atom. The molecule has 1 unspecified atom stereocenters. The first kappa shape index (κ1) is 17.0. The number of hydrogen-bond acceptors (Lipinski definition) is 3. The normalized spacial score (nSPS) is 16.2. The van der Waals surface area contributed by atoms with E-state index in [2.05, 4.69) is 48.2 Å². The minimum Gasteiger partial charge on any atom is -0.387 e. The molecule has 3 rings (SSSR count). The molecular formula is C21H28N2O. The van der Waals surface area contributed by atoms with Crippen LogP contribution in [0.2, 0.25) is 0 Å². The number of hydrogen-bond donors (Lipinski definition) is 1. The monoisotopic (exact) mass is 324 g/mol. The van der Waals surface area contributed by atoms with Gasteiger partial charge in [-0.3, -0.25) is 0 Å². The van der Waals surface area contributed by atoms with Crippen LogP contribution in [0.5, 0.6) is 0 Å². The molecule has 1 fully saturated rings. The van der Waals surface area contributed by atoms with Gasteiger partial charge in [-0.05, 0) is 37.0 Å². The molecule has 1 atom stereocenters. The highest BCUT2D eigenvalue weighted by Crippen LogP contribution is 2.30. The molecular weight excluding hydrogens is 296 g/mol. The standard InChI is InChI=1S/C21H28N2O/c1-2-9-20(24)19-14-8-15-21(22-19)23(18-12-6-7-13-18)16-17-10-4-3-5-11-17/h3-5,8,10-11,14-15,18,20,24H,2,6-7,9,12-13,16H2,1H3. The third-order valence-electron chi connectivity index (χ3n) is 4.91. The van der Waals surface area contributed by atoms with Crippen LogP contribution < -0.4 is 4.90 Å². The van der Waals surface area contributed by atoms with Crippen LogP contribution in [0.15, 0.2) is 48.5 Å². The second-order valence-corrected chi connectivity index (χ2v) is 6.78. The molecule has 0 aliphatic heterocycles. The highest BCUT2D eigenvalue weighted by atomic mass is 16.3. The van der Waals surface area contributed by atoms with Gasteiger partial charge in [-0.25, -0.2) is 4.98 Å². The number of aromatic nitrogens is 1. The minimum absolute atomic E-state index is 0.461. The van der Waals surface area contributed by atoms with E-state index >= 15 is 0 Å². The van der Waals surface area contributed by atoms with E-state index in [9.17, 15) is 5.11 Å². The topological polar surface area (TPSA) is 36.4 Å². The maximum atomic E-state index is 10.3. The number of aliphatic hydroxyl groups excluding tert-OH is 1. The summed E-state index contributed by atoms with van der Waals surface area (Å²) >= 11 is 0. The molecule has 2 aromatic rings. The molecule has 128 valence electrons. The van der Waals surface area contributed by atoms with Gasteiger partial charge >= 0.3 is 0 Å². The second-order valence-electron chi connectivity index (χ2n) is 6.78. The Bertz CT molecular complexity index is 623. The van der Waals surface area contributed by atoms with Crippen molar-refractivity contribution < 1.29 is 5.11 Å². The Labute approximate surface area is 145 Å². The molecule has 1 aliphatic carbocycles. The van der Waals surface area contributed by atoms with Crippen LogP contribution in [0.3, 0.4) is 0 Å². The van der Waals surface area contributed by atoms with Crippen molar-refractivity contribution in [2.75, 3.05) is 4.90 Å². The van der Waals surface area contributed by atoms with Crippen LogP contribution in [-0.4, -0.2) is 16.1 Å². The van der Waals surface area contributed by atoms with Crippen LogP contribution in [-0.2, 0) is 6.54 Å². The van der Waals surface area contributed by atoms with Gasteiger partial charge in [0.05, 0.1) is 11.8 Å². The molecule has 3 heteroatoms. The van der Waals surface area contributed by atoms with E-state index in [-0.39, 0.29) is 0 Å². The van der Waals surface area contributed by atoms with Gasteiger partial charge in [0, 0.05) is 12.6 Å². The molecule has 24 heavy (non-hydrogen) atoms. The third kappa shape index (κ3) is 4.15. The van der Waals surface area contributed by atoms with E-state index in [4.69, 9.17) is 4.98 Å². The Hall–Kier alpha value is -1.87. The fourth-order valence-corrected chi connectivity index (χ4v) is 3.60. The van der Waals surface area contributed by atoms with E-state index in [1.165, 1.54) is 31.2 Å². The smallest absolute Gasteiger partial charge is 0.129 e. The number of aliphatic hydroxyl groups is 1. The van der Waals surface area contributed by atoms with Gasteiger partial charge in [-0.15, -0.1) is 0 Å². The molecule has 0 spiro atoms. The second kappa shape index (κ2) is 8.29. The molecule has 1 aliphatic rings. The zero-order chi connectivity index (χ0) is 16.8. The summed E-state index contributed by atoms with van der Waals surface area (Å²) in [5.41, 5.74) is 2.11. The summed E-state index contributed by atoms with van der Waals surface area (Å²) in [4.78, 5) is 7.24. The fourth-order valence-electron chi connectivity index (χ4n) is 3.60. The van der Waals surface area contributed by atoms with Crippen molar-refractivity contribution in [1.29, 1.82) is 0 Å². The molecule has 0 bridgehead atoms. The first-order valence-corrected chi connectivity index (χ1v) is 9.23. The average molecular weight is 324 g/mol. The lowest BCUT2D eigenvalue weighted by Crippen LogP contribution is -2.33. The van der Waals surface area contributed by atoms with E-state index in [1.807, 2.05) is 12.1 Å². The van der Waals surface area contributed by atoms with E-state index < -0.39 is 6.10 Å². The number of pyridine rings is 1.